The van der Waals surface area contributed by atoms with E-state index in [1.165, 1.54) is 0 Å². The number of hydrogen-bond acceptors (Lipinski definition) is 2. The molecule has 2 nitrogen and oxygen atoms in total. The summed E-state index contributed by atoms with van der Waals surface area (Å²) < 4.78 is 8.08. The molecular formula is C8H9ClINO. The Labute approximate surface area is 90.7 Å². The van der Waals surface area contributed by atoms with Crippen LogP contribution in [0.25, 0.3) is 0 Å². The minimum Gasteiger partial charge on any atom is -0.495 e. The van der Waals surface area contributed by atoms with Gasteiger partial charge in [-0.05, 0) is 11.6 Å². The van der Waals surface area contributed by atoms with Crippen molar-refractivity contribution in [3.05, 3.63) is 28.8 Å². The third kappa shape index (κ3) is 2.24. The molecule has 0 heterocycles. The maximum atomic E-state index is 6.02. The molecule has 0 bridgehead atoms. The normalized spacial score (nSPS) is 9.92. The minimum absolute atomic E-state index is 0.684. The van der Waals surface area contributed by atoms with Crippen LogP contribution in [0.15, 0.2) is 18.2 Å². The minimum atomic E-state index is 0.684. The van der Waals surface area contributed by atoms with Gasteiger partial charge in [0.1, 0.15) is 5.75 Å². The molecule has 0 amide bonds. The van der Waals surface area contributed by atoms with Gasteiger partial charge in [-0.25, -0.2) is 0 Å². The third-order valence-electron chi connectivity index (χ3n) is 1.52. The Bertz CT molecular complexity index is 267. The number of rotatable bonds is 3. The van der Waals surface area contributed by atoms with Crippen molar-refractivity contribution in [2.75, 3.05) is 7.11 Å². The van der Waals surface area contributed by atoms with E-state index in [1.807, 2.05) is 18.2 Å². The van der Waals surface area contributed by atoms with Gasteiger partial charge in [-0.1, -0.05) is 23.7 Å². The highest BCUT2D eigenvalue weighted by molar-refractivity contribution is 14.1. The summed E-state index contributed by atoms with van der Waals surface area (Å²) >= 11 is 8.10. The number of ether oxygens (including phenoxy) is 1. The molecule has 4 heteroatoms. The summed E-state index contributed by atoms with van der Waals surface area (Å²) in [5, 5.41) is 0.684. The number of hydrogen-bond donors (Lipinski definition) is 1. The Morgan fingerprint density at radius 1 is 1.58 bits per heavy atom. The first-order valence-electron chi connectivity index (χ1n) is 3.44. The summed E-state index contributed by atoms with van der Waals surface area (Å²) in [6.07, 6.45) is 0. The van der Waals surface area contributed by atoms with Crippen molar-refractivity contribution >= 4 is 34.5 Å². The van der Waals surface area contributed by atoms with Gasteiger partial charge in [-0.15, -0.1) is 0 Å². The van der Waals surface area contributed by atoms with Crippen LogP contribution >= 0.6 is 34.5 Å². The van der Waals surface area contributed by atoms with Gasteiger partial charge >= 0.3 is 0 Å². The molecule has 0 fully saturated rings. The Balaban J connectivity index is 2.97. The standard InChI is InChI=1S/C8H9ClINO/c1-12-7-4-2-3-6(5-11-10)8(7)9/h2-4,11H,5H2,1H3. The van der Waals surface area contributed by atoms with Crippen molar-refractivity contribution in [2.24, 2.45) is 0 Å². The zero-order valence-corrected chi connectivity index (χ0v) is 9.52. The van der Waals surface area contributed by atoms with E-state index in [9.17, 15) is 0 Å². The fourth-order valence-electron chi connectivity index (χ4n) is 0.922. The van der Waals surface area contributed by atoms with E-state index in [0.717, 1.165) is 17.9 Å². The largest absolute Gasteiger partial charge is 0.495 e. The lowest BCUT2D eigenvalue weighted by atomic mass is 10.2. The molecule has 0 aromatic heterocycles. The van der Waals surface area contributed by atoms with Crippen LogP contribution in [0, 0.1) is 0 Å². The zero-order chi connectivity index (χ0) is 8.97. The van der Waals surface area contributed by atoms with E-state index < -0.39 is 0 Å². The molecule has 0 spiro atoms. The Hall–Kier alpha value is -0.000000000000000167. The summed E-state index contributed by atoms with van der Waals surface area (Å²) in [5.41, 5.74) is 1.05. The Morgan fingerprint density at radius 3 is 2.92 bits per heavy atom. The molecule has 0 atom stereocenters. The first-order valence-corrected chi connectivity index (χ1v) is 4.90. The van der Waals surface area contributed by atoms with E-state index >= 15 is 0 Å². The van der Waals surface area contributed by atoms with Crippen LogP contribution in [0.4, 0.5) is 0 Å². The monoisotopic (exact) mass is 297 g/mol. The Kier molecular flexibility index (Phi) is 4.11. The molecule has 0 aliphatic heterocycles. The summed E-state index contributed by atoms with van der Waals surface area (Å²) in [6.45, 7) is 0.747. The van der Waals surface area contributed by atoms with Crippen LogP contribution in [0.3, 0.4) is 0 Å². The number of benzene rings is 1. The molecule has 0 saturated heterocycles. The van der Waals surface area contributed by atoms with Gasteiger partial charge in [0.25, 0.3) is 0 Å². The zero-order valence-electron chi connectivity index (χ0n) is 6.60. The second-order valence-corrected chi connectivity index (χ2v) is 3.38. The number of nitrogens with one attached hydrogen (secondary N) is 1. The second kappa shape index (κ2) is 4.89. The summed E-state index contributed by atoms with van der Waals surface area (Å²) in [4.78, 5) is 0. The van der Waals surface area contributed by atoms with Crippen LogP contribution in [0.1, 0.15) is 5.56 Å². The molecule has 66 valence electrons. The lowest BCUT2D eigenvalue weighted by molar-refractivity contribution is 0.414. The maximum absolute atomic E-state index is 6.02. The molecule has 0 aliphatic rings. The van der Waals surface area contributed by atoms with Crippen LogP contribution in [-0.2, 0) is 6.54 Å². The predicted octanol–water partition coefficient (Wildman–Crippen LogP) is 2.79. The third-order valence-corrected chi connectivity index (χ3v) is 2.33. The molecule has 1 rings (SSSR count). The lowest BCUT2D eigenvalue weighted by Gasteiger charge is -2.06. The molecule has 0 unspecified atom stereocenters. The molecule has 1 N–H and O–H groups in total. The fourth-order valence-corrected chi connectivity index (χ4v) is 1.60. The summed E-state index contributed by atoms with van der Waals surface area (Å²) in [7, 11) is 1.61. The summed E-state index contributed by atoms with van der Waals surface area (Å²) in [5.74, 6) is 0.723. The molecule has 1 aromatic rings. The van der Waals surface area contributed by atoms with Crippen molar-refractivity contribution in [1.82, 2.24) is 3.53 Å². The van der Waals surface area contributed by atoms with Crippen molar-refractivity contribution in [3.8, 4) is 5.75 Å². The Morgan fingerprint density at radius 2 is 2.33 bits per heavy atom. The average molecular weight is 298 g/mol. The topological polar surface area (TPSA) is 21.3 Å². The van der Waals surface area contributed by atoms with Crippen molar-refractivity contribution in [2.45, 2.75) is 6.54 Å². The molecule has 0 aliphatic carbocycles. The van der Waals surface area contributed by atoms with Gasteiger partial charge < -0.3 is 4.74 Å². The van der Waals surface area contributed by atoms with Gasteiger partial charge in [0.2, 0.25) is 0 Å². The second-order valence-electron chi connectivity index (χ2n) is 2.24. The van der Waals surface area contributed by atoms with Crippen LogP contribution < -0.4 is 8.27 Å². The highest BCUT2D eigenvalue weighted by atomic mass is 127. The van der Waals surface area contributed by atoms with Crippen molar-refractivity contribution in [3.63, 3.8) is 0 Å². The van der Waals surface area contributed by atoms with E-state index in [4.69, 9.17) is 16.3 Å². The van der Waals surface area contributed by atoms with Gasteiger partial charge in [-0.2, -0.15) is 0 Å². The first kappa shape index (κ1) is 10.1. The highest BCUT2D eigenvalue weighted by Gasteiger charge is 2.04. The molecule has 0 radical (unpaired) electrons. The highest BCUT2D eigenvalue weighted by Crippen LogP contribution is 2.27. The van der Waals surface area contributed by atoms with Crippen molar-refractivity contribution in [1.29, 1.82) is 0 Å². The van der Waals surface area contributed by atoms with Crippen molar-refractivity contribution < 1.29 is 4.74 Å². The number of halogens is 2. The van der Waals surface area contributed by atoms with E-state index in [2.05, 4.69) is 26.4 Å². The SMILES string of the molecule is COc1cccc(CNI)c1Cl. The summed E-state index contributed by atoms with van der Waals surface area (Å²) in [6, 6.07) is 5.74. The van der Waals surface area contributed by atoms with Gasteiger partial charge in [-0.3, -0.25) is 3.53 Å². The van der Waals surface area contributed by atoms with Gasteiger partial charge in [0.15, 0.2) is 0 Å². The molecule has 12 heavy (non-hydrogen) atoms. The van der Waals surface area contributed by atoms with Crippen LogP contribution in [-0.4, -0.2) is 7.11 Å². The molecule has 1 aromatic carbocycles. The van der Waals surface area contributed by atoms with E-state index in [1.54, 1.807) is 7.11 Å². The fraction of sp³-hybridized carbons (Fsp3) is 0.250. The first-order chi connectivity index (χ1) is 5.79. The number of methoxy groups -OCH3 is 1. The maximum Gasteiger partial charge on any atom is 0.137 e. The molecule has 0 saturated carbocycles. The lowest BCUT2D eigenvalue weighted by Crippen LogP contribution is -1.99. The van der Waals surface area contributed by atoms with Gasteiger partial charge in [0, 0.05) is 29.4 Å². The van der Waals surface area contributed by atoms with Gasteiger partial charge in [0.05, 0.1) is 12.1 Å². The van der Waals surface area contributed by atoms with Crippen LogP contribution in [0.2, 0.25) is 5.02 Å². The quantitative estimate of drug-likeness (QED) is 0.684. The average Bonchev–Trinajstić information content (AvgIpc) is 2.09. The predicted molar refractivity (Wildman–Crippen MR) is 58.9 cm³/mol. The van der Waals surface area contributed by atoms with E-state index in [-0.39, 0.29) is 0 Å². The van der Waals surface area contributed by atoms with Crippen LogP contribution in [0.5, 0.6) is 5.75 Å². The smallest absolute Gasteiger partial charge is 0.137 e. The molecular weight excluding hydrogens is 288 g/mol. The van der Waals surface area contributed by atoms with E-state index in [0.29, 0.717) is 5.02 Å².